The zero-order valence-electron chi connectivity index (χ0n) is 13.7. The second-order valence-corrected chi connectivity index (χ2v) is 7.00. The highest BCUT2D eigenvalue weighted by molar-refractivity contribution is 7.15. The van der Waals surface area contributed by atoms with Gasteiger partial charge in [0.2, 0.25) is 0 Å². The van der Waals surface area contributed by atoms with E-state index < -0.39 is 0 Å². The molecular weight excluding hydrogens is 328 g/mol. The number of benzene rings is 3. The molecule has 0 unspecified atom stereocenters. The lowest BCUT2D eigenvalue weighted by atomic mass is 10.1. The number of nitrogens with zero attached hydrogens (tertiary/aromatic N) is 1. The first-order valence-corrected chi connectivity index (χ1v) is 8.85. The minimum atomic E-state index is -0.182. The monoisotopic (exact) mass is 344 g/mol. The van der Waals surface area contributed by atoms with Crippen LogP contribution < -0.4 is 5.32 Å². The van der Waals surface area contributed by atoms with Crippen LogP contribution in [0, 0.1) is 6.92 Å². The molecule has 3 aromatic carbocycles. The van der Waals surface area contributed by atoms with Gasteiger partial charge >= 0.3 is 0 Å². The lowest BCUT2D eigenvalue weighted by Gasteiger charge is -2.07. The van der Waals surface area contributed by atoms with E-state index in [1.165, 1.54) is 11.3 Å². The third-order valence-electron chi connectivity index (χ3n) is 3.99. The first-order valence-electron chi connectivity index (χ1n) is 8.04. The Balaban J connectivity index is 1.67. The van der Waals surface area contributed by atoms with Gasteiger partial charge in [-0.05, 0) is 35.4 Å². The molecule has 0 fully saturated rings. The molecular formula is C21H16N2OS. The van der Waals surface area contributed by atoms with E-state index in [1.54, 1.807) is 0 Å². The normalized spacial score (nSPS) is 10.8. The summed E-state index contributed by atoms with van der Waals surface area (Å²) < 4.78 is 0. The maximum Gasteiger partial charge on any atom is 0.275 e. The van der Waals surface area contributed by atoms with Crippen LogP contribution in [0.1, 0.15) is 15.5 Å². The summed E-state index contributed by atoms with van der Waals surface area (Å²) in [6.45, 7) is 1.92. The maximum atomic E-state index is 12.8. The highest BCUT2D eigenvalue weighted by atomic mass is 32.1. The topological polar surface area (TPSA) is 42.0 Å². The van der Waals surface area contributed by atoms with Gasteiger partial charge in [0, 0.05) is 5.69 Å². The number of fused-ring (bicyclic) bond motifs is 1. The summed E-state index contributed by atoms with van der Waals surface area (Å²) in [5.74, 6) is -0.182. The summed E-state index contributed by atoms with van der Waals surface area (Å²) in [7, 11) is 0. The van der Waals surface area contributed by atoms with Gasteiger partial charge in [0.1, 0.15) is 5.69 Å². The van der Waals surface area contributed by atoms with Gasteiger partial charge in [-0.2, -0.15) is 0 Å². The van der Waals surface area contributed by atoms with E-state index in [9.17, 15) is 4.79 Å². The highest BCUT2D eigenvalue weighted by Gasteiger charge is 2.18. The molecule has 1 aromatic heterocycles. The van der Waals surface area contributed by atoms with E-state index in [-0.39, 0.29) is 5.91 Å². The molecule has 4 rings (SSSR count). The van der Waals surface area contributed by atoms with Gasteiger partial charge in [-0.3, -0.25) is 4.79 Å². The molecule has 4 heteroatoms. The van der Waals surface area contributed by atoms with Crippen LogP contribution in [0.25, 0.3) is 21.2 Å². The van der Waals surface area contributed by atoms with Crippen LogP contribution in [-0.4, -0.2) is 10.9 Å². The number of amides is 1. The maximum absolute atomic E-state index is 12.8. The van der Waals surface area contributed by atoms with Gasteiger partial charge < -0.3 is 5.32 Å². The third-order valence-corrected chi connectivity index (χ3v) is 5.01. The number of rotatable bonds is 3. The average molecular weight is 344 g/mol. The number of thiazole rings is 1. The largest absolute Gasteiger partial charge is 0.321 e. The average Bonchev–Trinajstić information content (AvgIpc) is 3.04. The molecule has 0 atom stereocenters. The van der Waals surface area contributed by atoms with Crippen molar-refractivity contribution in [2.24, 2.45) is 0 Å². The van der Waals surface area contributed by atoms with E-state index in [0.717, 1.165) is 31.9 Å². The number of aromatic nitrogens is 1. The highest BCUT2D eigenvalue weighted by Crippen LogP contribution is 2.30. The summed E-state index contributed by atoms with van der Waals surface area (Å²) in [6.07, 6.45) is 0. The second kappa shape index (κ2) is 6.49. The molecule has 0 saturated carbocycles. The van der Waals surface area contributed by atoms with Gasteiger partial charge in [0.15, 0.2) is 0 Å². The standard InChI is InChI=1S/C21H16N2OS/c1-14-22-19(20(25-14)16-8-3-2-4-9-16)21(24)23-18-12-11-15-7-5-6-10-17(15)13-18/h2-13H,1H3,(H,23,24). The van der Waals surface area contributed by atoms with E-state index in [0.29, 0.717) is 5.69 Å². The fraction of sp³-hybridized carbons (Fsp3) is 0.0476. The zero-order valence-corrected chi connectivity index (χ0v) is 14.5. The second-order valence-electron chi connectivity index (χ2n) is 5.79. The third kappa shape index (κ3) is 3.16. The first-order chi connectivity index (χ1) is 12.2. The Morgan fingerprint density at radius 3 is 2.44 bits per heavy atom. The molecule has 0 spiro atoms. The predicted molar refractivity (Wildman–Crippen MR) is 104 cm³/mol. The van der Waals surface area contributed by atoms with Crippen LogP contribution in [-0.2, 0) is 0 Å². The van der Waals surface area contributed by atoms with Crippen molar-refractivity contribution < 1.29 is 4.79 Å². The van der Waals surface area contributed by atoms with Crippen LogP contribution >= 0.6 is 11.3 Å². The number of nitrogens with one attached hydrogen (secondary N) is 1. The summed E-state index contributed by atoms with van der Waals surface area (Å²) in [5, 5.41) is 6.10. The Morgan fingerprint density at radius 1 is 0.920 bits per heavy atom. The number of hydrogen-bond donors (Lipinski definition) is 1. The van der Waals surface area contributed by atoms with Gasteiger partial charge in [-0.15, -0.1) is 11.3 Å². The van der Waals surface area contributed by atoms with Crippen molar-refractivity contribution in [2.45, 2.75) is 6.92 Å². The molecule has 3 nitrogen and oxygen atoms in total. The quantitative estimate of drug-likeness (QED) is 0.531. The molecule has 1 N–H and O–H groups in total. The zero-order chi connectivity index (χ0) is 17.2. The molecule has 122 valence electrons. The SMILES string of the molecule is Cc1nc(C(=O)Nc2ccc3ccccc3c2)c(-c2ccccc2)s1. The van der Waals surface area contributed by atoms with E-state index in [1.807, 2.05) is 73.7 Å². The fourth-order valence-electron chi connectivity index (χ4n) is 2.82. The fourth-order valence-corrected chi connectivity index (χ4v) is 3.74. The Bertz CT molecular complexity index is 1050. The smallest absolute Gasteiger partial charge is 0.275 e. The van der Waals surface area contributed by atoms with E-state index in [4.69, 9.17) is 0 Å². The van der Waals surface area contributed by atoms with Gasteiger partial charge in [0.05, 0.1) is 9.88 Å². The van der Waals surface area contributed by atoms with E-state index >= 15 is 0 Å². The number of aryl methyl sites for hydroxylation is 1. The van der Waals surface area contributed by atoms with Crippen LogP contribution in [0.15, 0.2) is 72.8 Å². The molecule has 0 aliphatic carbocycles. The van der Waals surface area contributed by atoms with Gasteiger partial charge in [0.25, 0.3) is 5.91 Å². The molecule has 0 aliphatic rings. The van der Waals surface area contributed by atoms with Gasteiger partial charge in [-0.25, -0.2) is 4.98 Å². The Morgan fingerprint density at radius 2 is 1.64 bits per heavy atom. The van der Waals surface area contributed by atoms with Crippen LogP contribution in [0.3, 0.4) is 0 Å². The number of carbonyl (C=O) groups excluding carboxylic acids is 1. The summed E-state index contributed by atoms with van der Waals surface area (Å²) >= 11 is 1.54. The minimum absolute atomic E-state index is 0.182. The van der Waals surface area contributed by atoms with Crippen molar-refractivity contribution in [1.29, 1.82) is 0 Å². The van der Waals surface area contributed by atoms with Crippen LogP contribution in [0.4, 0.5) is 5.69 Å². The molecule has 0 bridgehead atoms. The summed E-state index contributed by atoms with van der Waals surface area (Å²) in [5.41, 5.74) is 2.26. The molecule has 1 amide bonds. The van der Waals surface area contributed by atoms with Gasteiger partial charge in [-0.1, -0.05) is 60.7 Å². The Kier molecular flexibility index (Phi) is 4.04. The summed E-state index contributed by atoms with van der Waals surface area (Å²) in [6, 6.07) is 23.9. The summed E-state index contributed by atoms with van der Waals surface area (Å²) in [4.78, 5) is 18.1. The van der Waals surface area contributed by atoms with Crippen LogP contribution in [0.2, 0.25) is 0 Å². The number of carbonyl (C=O) groups is 1. The lowest BCUT2D eigenvalue weighted by Crippen LogP contribution is -2.13. The Labute approximate surface area is 150 Å². The molecule has 0 aliphatic heterocycles. The van der Waals surface area contributed by atoms with Crippen molar-refractivity contribution >= 4 is 33.7 Å². The lowest BCUT2D eigenvalue weighted by molar-refractivity contribution is 0.102. The number of anilines is 1. The Hall–Kier alpha value is -2.98. The predicted octanol–water partition coefficient (Wildman–Crippen LogP) is 5.52. The minimum Gasteiger partial charge on any atom is -0.321 e. The molecule has 25 heavy (non-hydrogen) atoms. The van der Waals surface area contributed by atoms with Crippen molar-refractivity contribution in [3.63, 3.8) is 0 Å². The van der Waals surface area contributed by atoms with Crippen molar-refractivity contribution in [3.8, 4) is 10.4 Å². The molecule has 0 saturated heterocycles. The number of hydrogen-bond acceptors (Lipinski definition) is 3. The van der Waals surface area contributed by atoms with E-state index in [2.05, 4.69) is 16.4 Å². The molecule has 4 aromatic rings. The molecule has 0 radical (unpaired) electrons. The van der Waals surface area contributed by atoms with Crippen molar-refractivity contribution in [1.82, 2.24) is 4.98 Å². The van der Waals surface area contributed by atoms with Crippen molar-refractivity contribution in [3.05, 3.63) is 83.5 Å². The molecule has 1 heterocycles. The van der Waals surface area contributed by atoms with Crippen LogP contribution in [0.5, 0.6) is 0 Å². The van der Waals surface area contributed by atoms with Crippen molar-refractivity contribution in [2.75, 3.05) is 5.32 Å². The first kappa shape index (κ1) is 15.5.